The molecule has 0 amide bonds. The highest BCUT2D eigenvalue weighted by molar-refractivity contribution is 7.99. The molecule has 0 radical (unpaired) electrons. The van der Waals surface area contributed by atoms with Crippen molar-refractivity contribution in [3.63, 3.8) is 0 Å². The highest BCUT2D eigenvalue weighted by atomic mass is 35.5. The first-order valence-electron chi connectivity index (χ1n) is 9.18. The van der Waals surface area contributed by atoms with Crippen LogP contribution in [-0.2, 0) is 6.18 Å². The average Bonchev–Trinajstić information content (AvgIpc) is 3.10. The minimum Gasteiger partial charge on any atom is -0.369 e. The van der Waals surface area contributed by atoms with E-state index >= 15 is 0 Å². The number of anilines is 1. The van der Waals surface area contributed by atoms with Crippen molar-refractivity contribution >= 4 is 34.7 Å². The lowest BCUT2D eigenvalue weighted by Crippen LogP contribution is -2.47. The van der Waals surface area contributed by atoms with Crippen LogP contribution in [0.3, 0.4) is 0 Å². The van der Waals surface area contributed by atoms with Crippen molar-refractivity contribution < 1.29 is 13.2 Å². The van der Waals surface area contributed by atoms with Crippen molar-refractivity contribution in [3.8, 4) is 0 Å². The number of benzene rings is 1. The van der Waals surface area contributed by atoms with Gasteiger partial charge in [0.05, 0.1) is 10.6 Å². The Kier molecular flexibility index (Phi) is 5.89. The maximum atomic E-state index is 12.9. The highest BCUT2D eigenvalue weighted by Crippen LogP contribution is 2.32. The Morgan fingerprint density at radius 1 is 1.03 bits per heavy atom. The fourth-order valence-corrected chi connectivity index (χ4v) is 4.39. The first kappa shape index (κ1) is 20.3. The summed E-state index contributed by atoms with van der Waals surface area (Å²) in [6.07, 6.45) is -2.52. The third kappa shape index (κ3) is 4.79. The summed E-state index contributed by atoms with van der Waals surface area (Å²) in [6.45, 7) is 3.90. The van der Waals surface area contributed by atoms with Gasteiger partial charge in [-0.1, -0.05) is 29.4 Å². The molecule has 29 heavy (non-hydrogen) atoms. The number of thioether (sulfide) groups is 1. The van der Waals surface area contributed by atoms with Crippen LogP contribution in [-0.4, -0.2) is 58.0 Å². The minimum absolute atomic E-state index is 0.602. The zero-order valence-corrected chi connectivity index (χ0v) is 17.0. The zero-order chi connectivity index (χ0) is 20.4. The van der Waals surface area contributed by atoms with E-state index in [0.717, 1.165) is 42.3 Å². The second kappa shape index (κ2) is 8.41. The van der Waals surface area contributed by atoms with Crippen LogP contribution in [0.1, 0.15) is 5.56 Å². The highest BCUT2D eigenvalue weighted by Gasteiger charge is 2.31. The molecule has 0 atom stereocenters. The molecule has 0 bridgehead atoms. The van der Waals surface area contributed by atoms with Crippen LogP contribution >= 0.6 is 23.4 Å². The molecule has 1 aliphatic heterocycles. The van der Waals surface area contributed by atoms with Gasteiger partial charge >= 0.3 is 6.18 Å². The van der Waals surface area contributed by atoms with Crippen LogP contribution in [0.15, 0.2) is 47.8 Å². The largest absolute Gasteiger partial charge is 0.416 e. The van der Waals surface area contributed by atoms with Crippen LogP contribution < -0.4 is 4.90 Å². The molecule has 2 aromatic heterocycles. The number of nitrogens with zero attached hydrogens (tertiary/aromatic N) is 5. The van der Waals surface area contributed by atoms with E-state index in [0.29, 0.717) is 23.8 Å². The number of rotatable bonds is 5. The van der Waals surface area contributed by atoms with Crippen LogP contribution in [0.5, 0.6) is 0 Å². The van der Waals surface area contributed by atoms with E-state index in [9.17, 15) is 13.2 Å². The number of fused-ring (bicyclic) bond motifs is 1. The van der Waals surface area contributed by atoms with E-state index in [1.807, 2.05) is 15.4 Å². The predicted molar refractivity (Wildman–Crippen MR) is 109 cm³/mol. The van der Waals surface area contributed by atoms with Crippen molar-refractivity contribution in [1.29, 1.82) is 0 Å². The van der Waals surface area contributed by atoms with Gasteiger partial charge in [-0.25, -0.2) is 0 Å². The summed E-state index contributed by atoms with van der Waals surface area (Å²) in [5.41, 5.74) is 0.779. The Morgan fingerprint density at radius 3 is 2.59 bits per heavy atom. The Hall–Kier alpha value is -1.97. The molecule has 1 fully saturated rings. The predicted octanol–water partition coefficient (Wildman–Crippen LogP) is 4.32. The summed E-state index contributed by atoms with van der Waals surface area (Å²) in [5.74, 6) is 0.844. The van der Waals surface area contributed by atoms with Crippen LogP contribution in [0.4, 0.5) is 18.9 Å². The van der Waals surface area contributed by atoms with E-state index in [-0.39, 0.29) is 0 Å². The summed E-state index contributed by atoms with van der Waals surface area (Å²) < 4.78 is 40.6. The number of pyridine rings is 1. The van der Waals surface area contributed by atoms with Crippen LogP contribution in [0.25, 0.3) is 5.65 Å². The van der Waals surface area contributed by atoms with Gasteiger partial charge in [0, 0.05) is 50.4 Å². The number of aromatic nitrogens is 3. The minimum atomic E-state index is -4.31. The Labute approximate surface area is 175 Å². The number of hydrogen-bond donors (Lipinski definition) is 0. The molecule has 0 N–H and O–H groups in total. The average molecular weight is 442 g/mol. The first-order chi connectivity index (χ1) is 13.9. The summed E-state index contributed by atoms with van der Waals surface area (Å²) >= 11 is 7.65. The molecule has 3 aromatic rings. The molecular weight excluding hydrogens is 423 g/mol. The van der Waals surface area contributed by atoms with E-state index in [1.165, 1.54) is 12.1 Å². The van der Waals surface area contributed by atoms with Gasteiger partial charge in [-0.3, -0.25) is 9.30 Å². The van der Waals surface area contributed by atoms with Gasteiger partial charge in [0.15, 0.2) is 10.8 Å². The van der Waals surface area contributed by atoms with Crippen LogP contribution in [0.2, 0.25) is 5.02 Å². The summed E-state index contributed by atoms with van der Waals surface area (Å²) in [4.78, 5) is 4.32. The SMILES string of the molecule is FC(F)(F)c1cccc(N2CCN(CCSc3nnc4ccc(Cl)cn34)CC2)c1. The van der Waals surface area contributed by atoms with Gasteiger partial charge in [0.25, 0.3) is 0 Å². The van der Waals surface area contributed by atoms with Gasteiger partial charge < -0.3 is 4.90 Å². The second-order valence-electron chi connectivity index (χ2n) is 6.78. The summed E-state index contributed by atoms with van der Waals surface area (Å²) in [6, 6.07) is 9.15. The molecule has 10 heteroatoms. The van der Waals surface area contributed by atoms with E-state index < -0.39 is 11.7 Å². The Bertz CT molecular complexity index is 985. The summed E-state index contributed by atoms with van der Waals surface area (Å²) in [7, 11) is 0. The van der Waals surface area contributed by atoms with Crippen LogP contribution in [0, 0.1) is 0 Å². The topological polar surface area (TPSA) is 36.7 Å². The third-order valence-electron chi connectivity index (χ3n) is 4.88. The van der Waals surface area contributed by atoms with E-state index in [4.69, 9.17) is 11.6 Å². The van der Waals surface area contributed by atoms with Crippen molar-refractivity contribution in [2.45, 2.75) is 11.3 Å². The van der Waals surface area contributed by atoms with Crippen molar-refractivity contribution in [3.05, 3.63) is 53.2 Å². The molecule has 0 aliphatic carbocycles. The number of hydrogen-bond acceptors (Lipinski definition) is 5. The fraction of sp³-hybridized carbons (Fsp3) is 0.368. The monoisotopic (exact) mass is 441 g/mol. The van der Waals surface area contributed by atoms with E-state index in [1.54, 1.807) is 30.1 Å². The standard InChI is InChI=1S/C19H19ClF3N5S/c20-15-4-5-17-24-25-18(28(17)13-15)29-11-10-26-6-8-27(9-7-26)16-3-1-2-14(12-16)19(21,22)23/h1-5,12-13H,6-11H2. The number of alkyl halides is 3. The van der Waals surface area contributed by atoms with Gasteiger partial charge in [-0.2, -0.15) is 13.2 Å². The zero-order valence-electron chi connectivity index (χ0n) is 15.4. The molecule has 0 unspecified atom stereocenters. The third-order valence-corrected chi connectivity index (χ3v) is 6.03. The van der Waals surface area contributed by atoms with Gasteiger partial charge in [-0.15, -0.1) is 10.2 Å². The maximum absolute atomic E-state index is 12.9. The Morgan fingerprint density at radius 2 is 1.83 bits per heavy atom. The molecule has 1 aliphatic rings. The van der Waals surface area contributed by atoms with Gasteiger partial charge in [-0.05, 0) is 30.3 Å². The Balaban J connectivity index is 1.29. The molecule has 1 saturated heterocycles. The summed E-state index contributed by atoms with van der Waals surface area (Å²) in [5, 5.41) is 9.75. The molecular formula is C19H19ClF3N5S. The fourth-order valence-electron chi connectivity index (χ4n) is 3.32. The number of halogens is 4. The second-order valence-corrected chi connectivity index (χ2v) is 8.28. The molecule has 0 spiro atoms. The molecule has 4 rings (SSSR count). The van der Waals surface area contributed by atoms with Gasteiger partial charge in [0.2, 0.25) is 0 Å². The van der Waals surface area contributed by atoms with Crippen molar-refractivity contribution in [1.82, 2.24) is 19.5 Å². The lowest BCUT2D eigenvalue weighted by Gasteiger charge is -2.36. The lowest BCUT2D eigenvalue weighted by molar-refractivity contribution is -0.137. The van der Waals surface area contributed by atoms with Gasteiger partial charge in [0.1, 0.15) is 0 Å². The molecule has 1 aromatic carbocycles. The lowest BCUT2D eigenvalue weighted by atomic mass is 10.1. The van der Waals surface area contributed by atoms with Crippen molar-refractivity contribution in [2.75, 3.05) is 43.4 Å². The smallest absolute Gasteiger partial charge is 0.369 e. The molecule has 3 heterocycles. The maximum Gasteiger partial charge on any atom is 0.416 e. The number of piperazine rings is 1. The normalized spacial score (nSPS) is 15.9. The molecule has 5 nitrogen and oxygen atoms in total. The molecule has 154 valence electrons. The first-order valence-corrected chi connectivity index (χ1v) is 10.5. The molecule has 0 saturated carbocycles. The van der Waals surface area contributed by atoms with E-state index in [2.05, 4.69) is 15.1 Å². The quantitative estimate of drug-likeness (QED) is 0.551. The van der Waals surface area contributed by atoms with Crippen molar-refractivity contribution in [2.24, 2.45) is 0 Å².